The van der Waals surface area contributed by atoms with Gasteiger partial charge in [-0.15, -0.1) is 0 Å². The fourth-order valence-electron chi connectivity index (χ4n) is 4.44. The molecule has 1 atom stereocenters. The van der Waals surface area contributed by atoms with Gasteiger partial charge in [-0.3, -0.25) is 14.5 Å². The number of nitrogens with zero attached hydrogens (tertiary/aromatic N) is 1. The fraction of sp³-hybridized carbons (Fsp3) is 0.214. The van der Waals surface area contributed by atoms with Crippen molar-refractivity contribution in [3.8, 4) is 17.2 Å². The highest BCUT2D eigenvalue weighted by Gasteiger charge is 2.47. The minimum Gasteiger partial charge on any atom is -0.507 e. The summed E-state index contributed by atoms with van der Waals surface area (Å²) in [5.41, 5.74) is 3.15. The number of hydrogen-bond donors (Lipinski definition) is 1. The Morgan fingerprint density at radius 3 is 2.08 bits per heavy atom. The van der Waals surface area contributed by atoms with Crippen LogP contribution < -0.4 is 19.1 Å². The largest absolute Gasteiger partial charge is 0.507 e. The zero-order valence-electron chi connectivity index (χ0n) is 20.6. The summed E-state index contributed by atoms with van der Waals surface area (Å²) in [6, 6.07) is 15.0. The van der Waals surface area contributed by atoms with E-state index >= 15 is 0 Å². The molecule has 0 spiro atoms. The molecule has 1 fully saturated rings. The predicted molar refractivity (Wildman–Crippen MR) is 141 cm³/mol. The molecule has 1 saturated heterocycles. The fourth-order valence-corrected chi connectivity index (χ4v) is 4.68. The van der Waals surface area contributed by atoms with E-state index in [0.29, 0.717) is 34.1 Å². The normalized spacial score (nSPS) is 16.8. The molecule has 1 heterocycles. The van der Waals surface area contributed by atoms with Gasteiger partial charge < -0.3 is 19.3 Å². The summed E-state index contributed by atoms with van der Waals surface area (Å²) >= 11 is 3.46. The van der Waals surface area contributed by atoms with E-state index in [4.69, 9.17) is 14.2 Å². The number of carbonyl (C=O) groups excluding carboxylic acids is 2. The lowest BCUT2D eigenvalue weighted by atomic mass is 9.94. The van der Waals surface area contributed by atoms with Crippen LogP contribution in [0, 0.1) is 13.8 Å². The standard InChI is InChI=1S/C28H26BrNO6/c1-15-8-6-7-9-20(15)30-24(18-13-21(34-3)27(36-5)22(14-18)35-4)23(26(32)28(30)33)25(31)17-10-11-19(29)16(2)12-17/h6-14,24,31H,1-5H3/b25-23+. The second-order valence-corrected chi connectivity index (χ2v) is 9.23. The summed E-state index contributed by atoms with van der Waals surface area (Å²) in [4.78, 5) is 28.4. The third-order valence-electron chi connectivity index (χ3n) is 6.25. The summed E-state index contributed by atoms with van der Waals surface area (Å²) in [5.74, 6) is -0.684. The van der Waals surface area contributed by atoms with Gasteiger partial charge in [0, 0.05) is 15.7 Å². The van der Waals surface area contributed by atoms with E-state index in [0.717, 1.165) is 15.6 Å². The van der Waals surface area contributed by atoms with E-state index in [-0.39, 0.29) is 11.3 Å². The Hall–Kier alpha value is -3.78. The van der Waals surface area contributed by atoms with Crippen LogP contribution in [0.5, 0.6) is 17.2 Å². The van der Waals surface area contributed by atoms with Crippen molar-refractivity contribution in [3.05, 3.63) is 86.9 Å². The van der Waals surface area contributed by atoms with Gasteiger partial charge in [0.2, 0.25) is 5.75 Å². The van der Waals surface area contributed by atoms with Crippen LogP contribution in [0.2, 0.25) is 0 Å². The third kappa shape index (κ3) is 4.22. The number of halogens is 1. The van der Waals surface area contributed by atoms with Gasteiger partial charge in [-0.2, -0.15) is 0 Å². The maximum Gasteiger partial charge on any atom is 0.300 e. The van der Waals surface area contributed by atoms with Gasteiger partial charge in [0.15, 0.2) is 11.5 Å². The Morgan fingerprint density at radius 2 is 1.53 bits per heavy atom. The molecule has 1 unspecified atom stereocenters. The molecule has 186 valence electrons. The van der Waals surface area contributed by atoms with Crippen molar-refractivity contribution in [2.75, 3.05) is 26.2 Å². The van der Waals surface area contributed by atoms with Gasteiger partial charge in [-0.05, 0) is 60.9 Å². The summed E-state index contributed by atoms with van der Waals surface area (Å²) < 4.78 is 17.4. The summed E-state index contributed by atoms with van der Waals surface area (Å²) in [6.07, 6.45) is 0. The second-order valence-electron chi connectivity index (χ2n) is 8.38. The van der Waals surface area contributed by atoms with E-state index < -0.39 is 17.7 Å². The number of rotatable bonds is 6. The molecule has 1 aliphatic heterocycles. The first-order valence-corrected chi connectivity index (χ1v) is 12.0. The maximum atomic E-state index is 13.5. The van der Waals surface area contributed by atoms with Crippen molar-refractivity contribution in [3.63, 3.8) is 0 Å². The number of carbonyl (C=O) groups is 2. The van der Waals surface area contributed by atoms with E-state index in [2.05, 4.69) is 15.9 Å². The molecular formula is C28H26BrNO6. The first-order valence-electron chi connectivity index (χ1n) is 11.2. The molecule has 36 heavy (non-hydrogen) atoms. The molecule has 0 aromatic heterocycles. The molecule has 0 radical (unpaired) electrons. The molecule has 1 N–H and O–H groups in total. The third-order valence-corrected chi connectivity index (χ3v) is 7.14. The quantitative estimate of drug-likeness (QED) is 0.239. The first-order chi connectivity index (χ1) is 17.2. The molecule has 3 aromatic carbocycles. The van der Waals surface area contributed by atoms with E-state index in [9.17, 15) is 14.7 Å². The monoisotopic (exact) mass is 551 g/mol. The van der Waals surface area contributed by atoms with Crippen LogP contribution in [0.3, 0.4) is 0 Å². The van der Waals surface area contributed by atoms with Crippen LogP contribution >= 0.6 is 15.9 Å². The van der Waals surface area contributed by atoms with Crippen molar-refractivity contribution in [2.45, 2.75) is 19.9 Å². The number of aryl methyl sites for hydroxylation is 2. The number of hydrogen-bond acceptors (Lipinski definition) is 6. The number of anilines is 1. The Bertz CT molecular complexity index is 1370. The van der Waals surface area contributed by atoms with Crippen LogP contribution in [0.25, 0.3) is 5.76 Å². The lowest BCUT2D eigenvalue weighted by Gasteiger charge is -2.27. The van der Waals surface area contributed by atoms with Gasteiger partial charge in [-0.25, -0.2) is 0 Å². The number of aliphatic hydroxyl groups excluding tert-OH is 1. The molecule has 0 saturated carbocycles. The van der Waals surface area contributed by atoms with E-state index in [1.165, 1.54) is 26.2 Å². The number of benzene rings is 3. The van der Waals surface area contributed by atoms with E-state index in [1.807, 2.05) is 26.0 Å². The summed E-state index contributed by atoms with van der Waals surface area (Å²) in [7, 11) is 4.48. The molecule has 7 nitrogen and oxygen atoms in total. The smallest absolute Gasteiger partial charge is 0.300 e. The van der Waals surface area contributed by atoms with Crippen LogP contribution in [0.4, 0.5) is 5.69 Å². The lowest BCUT2D eigenvalue weighted by Crippen LogP contribution is -2.30. The van der Waals surface area contributed by atoms with Gasteiger partial charge >= 0.3 is 0 Å². The number of aliphatic hydroxyl groups is 1. The average molecular weight is 552 g/mol. The first kappa shape index (κ1) is 25.3. The number of para-hydroxylation sites is 1. The summed E-state index contributed by atoms with van der Waals surface area (Å²) in [6.45, 7) is 3.74. The molecule has 0 bridgehead atoms. The van der Waals surface area contributed by atoms with Crippen LogP contribution in [-0.2, 0) is 9.59 Å². The molecule has 3 aromatic rings. The predicted octanol–water partition coefficient (Wildman–Crippen LogP) is 5.72. The number of Topliss-reactive ketones (excluding diaryl/α,β-unsaturated/α-hetero) is 1. The summed E-state index contributed by atoms with van der Waals surface area (Å²) in [5, 5.41) is 11.4. The van der Waals surface area contributed by atoms with E-state index in [1.54, 1.807) is 42.5 Å². The minimum atomic E-state index is -0.941. The van der Waals surface area contributed by atoms with Crippen molar-refractivity contribution in [2.24, 2.45) is 0 Å². The number of ketones is 1. The highest BCUT2D eigenvalue weighted by molar-refractivity contribution is 9.10. The molecule has 1 aliphatic rings. The molecule has 0 aliphatic carbocycles. The molecular weight excluding hydrogens is 526 g/mol. The van der Waals surface area contributed by atoms with Gasteiger partial charge in [0.1, 0.15) is 5.76 Å². The Kier molecular flexibility index (Phi) is 7.08. The molecule has 4 rings (SSSR count). The highest BCUT2D eigenvalue weighted by Crippen LogP contribution is 2.47. The van der Waals surface area contributed by atoms with Gasteiger partial charge in [0.25, 0.3) is 11.7 Å². The van der Waals surface area contributed by atoms with Gasteiger partial charge in [0.05, 0.1) is 32.9 Å². The maximum absolute atomic E-state index is 13.5. The SMILES string of the molecule is COc1cc(C2/C(=C(\O)c3ccc(Br)c(C)c3)C(=O)C(=O)N2c2ccccc2C)cc(OC)c1OC. The zero-order valence-corrected chi connectivity index (χ0v) is 22.2. The van der Waals surface area contributed by atoms with Crippen molar-refractivity contribution >= 4 is 39.1 Å². The second kappa shape index (κ2) is 10.1. The highest BCUT2D eigenvalue weighted by atomic mass is 79.9. The van der Waals surface area contributed by atoms with Crippen LogP contribution in [-0.4, -0.2) is 38.1 Å². The van der Waals surface area contributed by atoms with Crippen molar-refractivity contribution < 1.29 is 28.9 Å². The number of methoxy groups -OCH3 is 3. The van der Waals surface area contributed by atoms with Crippen LogP contribution in [0.1, 0.15) is 28.3 Å². The Labute approximate surface area is 218 Å². The number of amides is 1. The van der Waals surface area contributed by atoms with Crippen LogP contribution in [0.15, 0.2) is 64.6 Å². The topological polar surface area (TPSA) is 85.3 Å². The molecule has 8 heteroatoms. The average Bonchev–Trinajstić information content (AvgIpc) is 3.14. The Morgan fingerprint density at radius 1 is 0.889 bits per heavy atom. The Balaban J connectivity index is 2.04. The zero-order chi connectivity index (χ0) is 26.1. The lowest BCUT2D eigenvalue weighted by molar-refractivity contribution is -0.132. The van der Waals surface area contributed by atoms with Gasteiger partial charge in [-0.1, -0.05) is 40.2 Å². The van der Waals surface area contributed by atoms with Crippen molar-refractivity contribution in [1.29, 1.82) is 0 Å². The van der Waals surface area contributed by atoms with Crippen molar-refractivity contribution in [1.82, 2.24) is 0 Å². The number of ether oxygens (including phenoxy) is 3. The minimum absolute atomic E-state index is 0.0285. The molecule has 1 amide bonds.